The van der Waals surface area contributed by atoms with Crippen LogP contribution in [0, 0.1) is 6.92 Å². The van der Waals surface area contributed by atoms with Crippen LogP contribution < -0.4 is 11.5 Å². The van der Waals surface area contributed by atoms with E-state index >= 15 is 0 Å². The van der Waals surface area contributed by atoms with Crippen LogP contribution in [-0.2, 0) is 11.3 Å². The van der Waals surface area contributed by atoms with Gasteiger partial charge in [-0.3, -0.25) is 9.69 Å². The first-order chi connectivity index (χ1) is 16.8. The Morgan fingerprint density at radius 3 is 2.57 bits per heavy atom. The van der Waals surface area contributed by atoms with Gasteiger partial charge in [-0.15, -0.1) is 0 Å². The molecule has 2 heterocycles. The summed E-state index contributed by atoms with van der Waals surface area (Å²) in [4.78, 5) is 33.4. The van der Waals surface area contributed by atoms with Gasteiger partial charge in [-0.25, -0.2) is 9.78 Å². The second-order valence-electron chi connectivity index (χ2n) is 8.66. The van der Waals surface area contributed by atoms with E-state index in [9.17, 15) is 9.59 Å². The van der Waals surface area contributed by atoms with Crippen LogP contribution in [0.5, 0.6) is 0 Å². The van der Waals surface area contributed by atoms with E-state index in [0.29, 0.717) is 42.3 Å². The zero-order valence-electron chi connectivity index (χ0n) is 20.0. The monoisotopic (exact) mass is 495 g/mol. The van der Waals surface area contributed by atoms with Crippen LogP contribution in [0.1, 0.15) is 34.8 Å². The number of hydrogen-bond acceptors (Lipinski definition) is 6. The molecule has 0 bridgehead atoms. The highest BCUT2D eigenvalue weighted by molar-refractivity contribution is 6.36. The summed E-state index contributed by atoms with van der Waals surface area (Å²) in [6.45, 7) is 5.58. The third-order valence-corrected chi connectivity index (χ3v) is 6.72. The fourth-order valence-corrected chi connectivity index (χ4v) is 4.46. The van der Waals surface area contributed by atoms with Crippen molar-refractivity contribution in [2.45, 2.75) is 33.0 Å². The number of carbonyl (C=O) groups is 2. The van der Waals surface area contributed by atoms with Crippen molar-refractivity contribution in [2.75, 3.05) is 26.2 Å². The summed E-state index contributed by atoms with van der Waals surface area (Å²) in [6.07, 6.45) is -0.339. The minimum atomic E-state index is -0.629. The first-order valence-corrected chi connectivity index (χ1v) is 12.1. The molecule has 1 aliphatic heterocycles. The highest BCUT2D eigenvalue weighted by Gasteiger charge is 2.31. The Labute approximate surface area is 209 Å². The van der Waals surface area contributed by atoms with Gasteiger partial charge in [-0.1, -0.05) is 48.9 Å². The van der Waals surface area contributed by atoms with E-state index in [1.165, 1.54) is 4.90 Å². The molecule has 4 N–H and O–H groups in total. The van der Waals surface area contributed by atoms with Gasteiger partial charge in [0, 0.05) is 36.1 Å². The van der Waals surface area contributed by atoms with Gasteiger partial charge in [-0.2, -0.15) is 0 Å². The lowest BCUT2D eigenvalue weighted by atomic mass is 10.0. The lowest BCUT2D eigenvalue weighted by molar-refractivity contribution is 0.0390. The first-order valence-electron chi connectivity index (χ1n) is 11.7. The number of aromatic nitrogens is 1. The molecule has 4 rings (SSSR count). The predicted octanol–water partition coefficient (Wildman–Crippen LogP) is 3.91. The topological polar surface area (TPSA) is 115 Å². The number of amides is 2. The lowest BCUT2D eigenvalue weighted by Gasteiger charge is -2.38. The molecule has 0 radical (unpaired) electrons. The molecule has 1 aromatic heterocycles. The molecule has 184 valence electrons. The highest BCUT2D eigenvalue weighted by Crippen LogP contribution is 2.33. The Bertz CT molecular complexity index is 1250. The van der Waals surface area contributed by atoms with Crippen LogP contribution in [0.2, 0.25) is 5.02 Å². The molecular formula is C26H30ClN5O3. The van der Waals surface area contributed by atoms with Crippen LogP contribution >= 0.6 is 11.6 Å². The number of rotatable bonds is 5. The predicted molar refractivity (Wildman–Crippen MR) is 137 cm³/mol. The average molecular weight is 496 g/mol. The molecule has 2 aromatic carbocycles. The fourth-order valence-electron chi connectivity index (χ4n) is 4.21. The molecule has 35 heavy (non-hydrogen) atoms. The van der Waals surface area contributed by atoms with Gasteiger partial charge in [-0.05, 0) is 36.6 Å². The second-order valence-corrected chi connectivity index (χ2v) is 9.04. The molecule has 0 aliphatic carbocycles. The van der Waals surface area contributed by atoms with Crippen LogP contribution in [0.25, 0.3) is 22.2 Å². The number of nitrogens with zero attached hydrogens (tertiary/aromatic N) is 3. The van der Waals surface area contributed by atoms with Gasteiger partial charge in [0.25, 0.3) is 5.91 Å². The maximum atomic E-state index is 13.3. The standard InChI is InChI=1S/C26H30ClN5O3/c1-3-12-35-26(34)32-11-10-31(15-22(32)29)25(33)19-8-9-20-21(13-19)30-24(16(2)23(20)27)18-6-4-17(14-28)5-7-18/h4-9,13,22H,3,10-12,14-15,28-29H2,1-2H3/t22-/m0/s1. The molecule has 1 aliphatic rings. The van der Waals surface area contributed by atoms with Crippen molar-refractivity contribution in [3.8, 4) is 11.3 Å². The van der Waals surface area contributed by atoms with Crippen molar-refractivity contribution in [3.63, 3.8) is 0 Å². The number of carbonyl (C=O) groups excluding carboxylic acids is 2. The summed E-state index contributed by atoms with van der Waals surface area (Å²) in [6, 6.07) is 13.2. The Hall–Kier alpha value is -3.20. The maximum Gasteiger partial charge on any atom is 0.411 e. The summed E-state index contributed by atoms with van der Waals surface area (Å²) in [7, 11) is 0. The second kappa shape index (κ2) is 10.6. The molecule has 1 fully saturated rings. The van der Waals surface area contributed by atoms with E-state index in [-0.39, 0.29) is 12.5 Å². The van der Waals surface area contributed by atoms with Gasteiger partial charge >= 0.3 is 6.09 Å². The number of fused-ring (bicyclic) bond motifs is 1. The molecule has 9 heteroatoms. The largest absolute Gasteiger partial charge is 0.449 e. The number of pyridine rings is 1. The van der Waals surface area contributed by atoms with Gasteiger partial charge in [0.2, 0.25) is 0 Å². The van der Waals surface area contributed by atoms with E-state index < -0.39 is 12.3 Å². The molecule has 1 saturated heterocycles. The number of benzene rings is 2. The molecular weight excluding hydrogens is 466 g/mol. The highest BCUT2D eigenvalue weighted by atomic mass is 35.5. The third kappa shape index (κ3) is 5.10. The normalized spacial score (nSPS) is 16.0. The van der Waals surface area contributed by atoms with E-state index in [0.717, 1.165) is 34.2 Å². The van der Waals surface area contributed by atoms with E-state index in [1.54, 1.807) is 17.0 Å². The van der Waals surface area contributed by atoms with Gasteiger partial charge in [0.15, 0.2) is 0 Å². The summed E-state index contributed by atoms with van der Waals surface area (Å²) in [5, 5.41) is 1.39. The van der Waals surface area contributed by atoms with Crippen LogP contribution in [0.3, 0.4) is 0 Å². The van der Waals surface area contributed by atoms with Crippen molar-refractivity contribution < 1.29 is 14.3 Å². The molecule has 3 aromatic rings. The first kappa shape index (κ1) is 24.9. The average Bonchev–Trinajstić information content (AvgIpc) is 2.88. The van der Waals surface area contributed by atoms with E-state index in [1.807, 2.05) is 44.2 Å². The zero-order chi connectivity index (χ0) is 25.1. The SMILES string of the molecule is CCCOC(=O)N1CCN(C(=O)c2ccc3c(Cl)c(C)c(-c4ccc(CN)cc4)nc3c2)C[C@H]1N. The molecule has 1 atom stereocenters. The Morgan fingerprint density at radius 1 is 1.17 bits per heavy atom. The zero-order valence-corrected chi connectivity index (χ0v) is 20.7. The summed E-state index contributed by atoms with van der Waals surface area (Å²) < 4.78 is 5.19. The van der Waals surface area contributed by atoms with E-state index in [4.69, 9.17) is 32.8 Å². The number of halogens is 1. The lowest BCUT2D eigenvalue weighted by Crippen LogP contribution is -2.60. The Morgan fingerprint density at radius 2 is 1.91 bits per heavy atom. The summed E-state index contributed by atoms with van der Waals surface area (Å²) in [5.74, 6) is -0.170. The third-order valence-electron chi connectivity index (χ3n) is 6.23. The quantitative estimate of drug-likeness (QED) is 0.554. The number of piperazine rings is 1. The minimum absolute atomic E-state index is 0.170. The van der Waals surface area contributed by atoms with Crippen LogP contribution in [0.15, 0.2) is 42.5 Å². The van der Waals surface area contributed by atoms with Crippen molar-refractivity contribution in [1.82, 2.24) is 14.8 Å². The minimum Gasteiger partial charge on any atom is -0.449 e. The number of ether oxygens (including phenoxy) is 1. The Balaban J connectivity index is 1.58. The summed E-state index contributed by atoms with van der Waals surface area (Å²) in [5.41, 5.74) is 16.6. The Kier molecular flexibility index (Phi) is 7.54. The molecule has 2 amide bonds. The fraction of sp³-hybridized carbons (Fsp3) is 0.346. The molecule has 0 saturated carbocycles. The van der Waals surface area contributed by atoms with Gasteiger partial charge in [0.1, 0.15) is 6.17 Å². The van der Waals surface area contributed by atoms with Gasteiger partial charge in [0.05, 0.1) is 29.4 Å². The number of nitrogens with two attached hydrogens (primary N) is 2. The maximum absolute atomic E-state index is 13.3. The number of hydrogen-bond donors (Lipinski definition) is 2. The molecule has 0 unspecified atom stereocenters. The van der Waals surface area contributed by atoms with E-state index in [2.05, 4.69) is 0 Å². The molecule has 8 nitrogen and oxygen atoms in total. The molecule has 0 spiro atoms. The summed E-state index contributed by atoms with van der Waals surface area (Å²) >= 11 is 6.70. The van der Waals surface area contributed by atoms with Crippen molar-refractivity contribution in [1.29, 1.82) is 0 Å². The van der Waals surface area contributed by atoms with Gasteiger partial charge < -0.3 is 21.1 Å². The van der Waals surface area contributed by atoms with Crippen molar-refractivity contribution in [2.24, 2.45) is 11.5 Å². The smallest absolute Gasteiger partial charge is 0.411 e. The van der Waals surface area contributed by atoms with Crippen LogP contribution in [0.4, 0.5) is 4.79 Å². The van der Waals surface area contributed by atoms with Crippen molar-refractivity contribution >= 4 is 34.5 Å². The van der Waals surface area contributed by atoms with Crippen molar-refractivity contribution in [3.05, 3.63) is 64.2 Å². The van der Waals surface area contributed by atoms with Crippen LogP contribution in [-0.4, -0.2) is 59.2 Å².